The van der Waals surface area contributed by atoms with Crippen LogP contribution in [0.5, 0.6) is 0 Å². The molecule has 0 saturated carbocycles. The van der Waals surface area contributed by atoms with Gasteiger partial charge in [0.1, 0.15) is 0 Å². The van der Waals surface area contributed by atoms with Crippen LogP contribution in [-0.2, 0) is 13.5 Å². The Morgan fingerprint density at radius 1 is 1.45 bits per heavy atom. The normalized spacial score (nSPS) is 14.8. The summed E-state index contributed by atoms with van der Waals surface area (Å²) in [5.74, 6) is 0. The molecule has 0 N–H and O–H groups in total. The zero-order valence-corrected chi connectivity index (χ0v) is 8.28. The molecule has 0 aromatic rings. The summed E-state index contributed by atoms with van der Waals surface area (Å²) in [4.78, 5) is 0. The minimum Gasteiger partial charge on any atom is -0.255 e. The third kappa shape index (κ3) is 6.59. The lowest BCUT2D eigenvalue weighted by atomic mass is 10.2. The molecular weight excluding hydrogens is 188 g/mol. The van der Waals surface area contributed by atoms with Gasteiger partial charge in [0.2, 0.25) is 0 Å². The topological polar surface area (TPSA) is 43.4 Å². The van der Waals surface area contributed by atoms with E-state index in [4.69, 9.17) is 10.7 Å². The van der Waals surface area contributed by atoms with Gasteiger partial charge in [-0.05, 0) is 12.8 Å². The molecule has 0 fully saturated rings. The monoisotopic (exact) mass is 200 g/mol. The van der Waals surface area contributed by atoms with E-state index in [1.165, 1.54) is 0 Å². The highest BCUT2D eigenvalue weighted by atomic mass is 35.7. The quantitative estimate of drug-likeness (QED) is 0.639. The maximum atomic E-state index is 10.4. The van der Waals surface area contributed by atoms with E-state index in [2.05, 4.69) is 4.18 Å². The fraction of sp³-hybridized carbons (Fsp3) is 1.00. The van der Waals surface area contributed by atoms with Crippen LogP contribution in [0.15, 0.2) is 0 Å². The molecule has 0 heterocycles. The summed E-state index contributed by atoms with van der Waals surface area (Å²) >= 11 is 0. The van der Waals surface area contributed by atoms with Gasteiger partial charge in [-0.25, -0.2) is 0 Å². The number of hydrogen-bond donors (Lipinski definition) is 0. The Bertz CT molecular complexity index is 188. The molecule has 0 aliphatic rings. The molecule has 0 aliphatic carbocycles. The van der Waals surface area contributed by atoms with Crippen molar-refractivity contribution >= 4 is 20.0 Å². The summed E-state index contributed by atoms with van der Waals surface area (Å²) in [7, 11) is 1.11. The fourth-order valence-corrected chi connectivity index (χ4v) is 1.67. The van der Waals surface area contributed by atoms with Crippen molar-refractivity contribution in [2.24, 2.45) is 0 Å². The molecule has 68 valence electrons. The summed E-state index contributed by atoms with van der Waals surface area (Å²) in [6, 6.07) is 0. The van der Waals surface area contributed by atoms with Crippen molar-refractivity contribution in [2.75, 3.05) is 0 Å². The van der Waals surface area contributed by atoms with Crippen molar-refractivity contribution < 1.29 is 12.6 Å². The average molecular weight is 201 g/mol. The first-order chi connectivity index (χ1) is 4.99. The van der Waals surface area contributed by atoms with Gasteiger partial charge in [-0.2, -0.15) is 8.42 Å². The molecule has 0 aliphatic heterocycles. The van der Waals surface area contributed by atoms with Gasteiger partial charge in [0.15, 0.2) is 0 Å². The van der Waals surface area contributed by atoms with Crippen LogP contribution in [0, 0.1) is 0 Å². The number of rotatable bonds is 5. The van der Waals surface area contributed by atoms with E-state index >= 15 is 0 Å². The molecule has 0 saturated heterocycles. The van der Waals surface area contributed by atoms with Gasteiger partial charge in [0.25, 0.3) is 0 Å². The Morgan fingerprint density at radius 2 is 2.00 bits per heavy atom. The van der Waals surface area contributed by atoms with Crippen LogP contribution < -0.4 is 0 Å². The summed E-state index contributed by atoms with van der Waals surface area (Å²) in [5, 5.41) is 0. The van der Waals surface area contributed by atoms with Crippen molar-refractivity contribution in [3.63, 3.8) is 0 Å². The lowest BCUT2D eigenvalue weighted by molar-refractivity contribution is 0.199. The Balaban J connectivity index is 3.88. The van der Waals surface area contributed by atoms with Gasteiger partial charge in [0, 0.05) is 10.7 Å². The molecule has 1 unspecified atom stereocenters. The van der Waals surface area contributed by atoms with Gasteiger partial charge >= 0.3 is 9.33 Å². The van der Waals surface area contributed by atoms with Crippen LogP contribution in [0.4, 0.5) is 0 Å². The van der Waals surface area contributed by atoms with Crippen molar-refractivity contribution in [1.82, 2.24) is 0 Å². The van der Waals surface area contributed by atoms with Crippen molar-refractivity contribution in [3.05, 3.63) is 0 Å². The van der Waals surface area contributed by atoms with Gasteiger partial charge in [-0.15, -0.1) is 0 Å². The van der Waals surface area contributed by atoms with Crippen LogP contribution in [0.2, 0.25) is 0 Å². The van der Waals surface area contributed by atoms with E-state index in [0.29, 0.717) is 6.42 Å². The molecule has 0 spiro atoms. The summed E-state index contributed by atoms with van der Waals surface area (Å²) in [6.45, 7) is 3.83. The largest absolute Gasteiger partial charge is 0.355 e. The second-order valence-electron chi connectivity index (χ2n) is 2.31. The summed E-state index contributed by atoms with van der Waals surface area (Å²) < 4.78 is 25.4. The molecule has 0 rings (SSSR count). The highest BCUT2D eigenvalue weighted by molar-refractivity contribution is 8.10. The van der Waals surface area contributed by atoms with E-state index in [1.807, 2.05) is 13.8 Å². The van der Waals surface area contributed by atoms with Crippen LogP contribution in [0.3, 0.4) is 0 Å². The first-order valence-electron chi connectivity index (χ1n) is 3.62. The molecule has 0 amide bonds. The Labute approximate surface area is 72.3 Å². The molecule has 0 bridgehead atoms. The first-order valence-corrected chi connectivity index (χ1v) is 5.86. The van der Waals surface area contributed by atoms with Gasteiger partial charge in [-0.3, -0.25) is 4.18 Å². The Kier molecular flexibility index (Phi) is 5.04. The van der Waals surface area contributed by atoms with E-state index in [9.17, 15) is 8.42 Å². The van der Waals surface area contributed by atoms with Crippen LogP contribution in [0.1, 0.15) is 33.1 Å². The van der Waals surface area contributed by atoms with E-state index in [1.54, 1.807) is 0 Å². The molecule has 0 aromatic heterocycles. The fourth-order valence-electron chi connectivity index (χ4n) is 0.805. The molecule has 0 radical (unpaired) electrons. The van der Waals surface area contributed by atoms with Crippen molar-refractivity contribution in [2.45, 2.75) is 39.2 Å². The minimum absolute atomic E-state index is 0.262. The number of halogens is 1. The molecule has 5 heteroatoms. The predicted molar refractivity (Wildman–Crippen MR) is 44.8 cm³/mol. The lowest BCUT2D eigenvalue weighted by Crippen LogP contribution is -2.13. The average Bonchev–Trinajstić information content (AvgIpc) is 1.84. The predicted octanol–water partition coefficient (Wildman–Crippen LogP) is 2.07. The van der Waals surface area contributed by atoms with Gasteiger partial charge in [-0.1, -0.05) is 20.3 Å². The van der Waals surface area contributed by atoms with Crippen LogP contribution in [0.25, 0.3) is 0 Å². The maximum Gasteiger partial charge on any atom is 0.355 e. The molecule has 11 heavy (non-hydrogen) atoms. The highest BCUT2D eigenvalue weighted by Crippen LogP contribution is 2.12. The third-order valence-corrected chi connectivity index (χ3v) is 2.04. The van der Waals surface area contributed by atoms with Gasteiger partial charge in [0.05, 0.1) is 6.10 Å². The summed E-state index contributed by atoms with van der Waals surface area (Å²) in [6.07, 6.45) is 2.02. The third-order valence-electron chi connectivity index (χ3n) is 1.32. The second kappa shape index (κ2) is 4.95. The standard InChI is InChI=1S/C6H13ClO3S/c1-3-5-6(4-2)10-11(7,8)9/h6H,3-5H2,1-2H3. The lowest BCUT2D eigenvalue weighted by Gasteiger charge is -2.10. The second-order valence-corrected chi connectivity index (χ2v) is 4.42. The zero-order chi connectivity index (χ0) is 8.91. The van der Waals surface area contributed by atoms with E-state index in [0.717, 1.165) is 12.8 Å². The van der Waals surface area contributed by atoms with E-state index < -0.39 is 9.33 Å². The van der Waals surface area contributed by atoms with Crippen molar-refractivity contribution in [1.29, 1.82) is 0 Å². The smallest absolute Gasteiger partial charge is 0.255 e. The summed E-state index contributed by atoms with van der Waals surface area (Å²) in [5.41, 5.74) is 0. The zero-order valence-electron chi connectivity index (χ0n) is 6.71. The van der Waals surface area contributed by atoms with Crippen LogP contribution in [-0.4, -0.2) is 14.5 Å². The molecular formula is C6H13ClO3S. The highest BCUT2D eigenvalue weighted by Gasteiger charge is 2.13. The molecule has 1 atom stereocenters. The first kappa shape index (κ1) is 11.2. The SMILES string of the molecule is CCCC(CC)OS(=O)(=O)Cl. The number of hydrogen-bond acceptors (Lipinski definition) is 3. The Morgan fingerprint density at radius 3 is 2.27 bits per heavy atom. The molecule has 3 nitrogen and oxygen atoms in total. The van der Waals surface area contributed by atoms with Gasteiger partial charge < -0.3 is 0 Å². The Hall–Kier alpha value is 0.200. The van der Waals surface area contributed by atoms with Crippen LogP contribution >= 0.6 is 10.7 Å². The van der Waals surface area contributed by atoms with Crippen molar-refractivity contribution in [3.8, 4) is 0 Å². The maximum absolute atomic E-state index is 10.4. The van der Waals surface area contributed by atoms with E-state index in [-0.39, 0.29) is 6.10 Å². The minimum atomic E-state index is -3.79. The molecule has 0 aromatic carbocycles.